The van der Waals surface area contributed by atoms with Crippen molar-refractivity contribution in [2.45, 2.75) is 6.92 Å². The van der Waals surface area contributed by atoms with Crippen molar-refractivity contribution in [1.29, 1.82) is 0 Å². The number of rotatable bonds is 7. The third kappa shape index (κ3) is 6.21. The van der Waals surface area contributed by atoms with Crippen molar-refractivity contribution in [3.63, 3.8) is 0 Å². The highest BCUT2D eigenvalue weighted by atomic mass is 32.2. The van der Waals surface area contributed by atoms with Gasteiger partial charge in [0.1, 0.15) is 0 Å². The second kappa shape index (κ2) is 8.48. The minimum absolute atomic E-state index is 0.195. The van der Waals surface area contributed by atoms with E-state index in [1.54, 1.807) is 12.1 Å². The SMILES string of the molecule is Cc1cccc(C(=O)NCCNC(=O)c2ccc(NS(C)(=O)=O)cc2)c1. The number of anilines is 1. The average Bonchev–Trinajstić information content (AvgIpc) is 2.57. The van der Waals surface area contributed by atoms with Gasteiger partial charge in [0, 0.05) is 29.9 Å². The van der Waals surface area contributed by atoms with E-state index in [9.17, 15) is 18.0 Å². The molecule has 0 atom stereocenters. The molecule has 0 aliphatic carbocycles. The molecule has 2 aromatic rings. The normalized spacial score (nSPS) is 10.8. The Morgan fingerprint density at radius 1 is 0.885 bits per heavy atom. The van der Waals surface area contributed by atoms with Crippen LogP contribution in [0.15, 0.2) is 48.5 Å². The number of carbonyl (C=O) groups excluding carboxylic acids is 2. The van der Waals surface area contributed by atoms with Crippen LogP contribution in [-0.2, 0) is 10.0 Å². The number of aryl methyl sites for hydroxylation is 1. The summed E-state index contributed by atoms with van der Waals surface area (Å²) in [6.07, 6.45) is 1.05. The lowest BCUT2D eigenvalue weighted by atomic mass is 10.1. The molecule has 0 aliphatic heterocycles. The van der Waals surface area contributed by atoms with E-state index < -0.39 is 10.0 Å². The topological polar surface area (TPSA) is 104 Å². The molecule has 2 aromatic carbocycles. The molecule has 26 heavy (non-hydrogen) atoms. The fourth-order valence-corrected chi connectivity index (χ4v) is 2.81. The number of nitrogens with one attached hydrogen (secondary N) is 3. The van der Waals surface area contributed by atoms with E-state index in [1.165, 1.54) is 24.3 Å². The lowest BCUT2D eigenvalue weighted by Crippen LogP contribution is -2.34. The predicted molar refractivity (Wildman–Crippen MR) is 101 cm³/mol. The highest BCUT2D eigenvalue weighted by Crippen LogP contribution is 2.10. The maximum Gasteiger partial charge on any atom is 0.251 e. The van der Waals surface area contributed by atoms with Gasteiger partial charge < -0.3 is 10.6 Å². The fraction of sp³-hybridized carbons (Fsp3) is 0.222. The zero-order valence-corrected chi connectivity index (χ0v) is 15.4. The summed E-state index contributed by atoms with van der Waals surface area (Å²) in [5.41, 5.74) is 2.36. The molecule has 0 aliphatic rings. The summed E-state index contributed by atoms with van der Waals surface area (Å²) < 4.78 is 24.6. The Hall–Kier alpha value is -2.87. The van der Waals surface area contributed by atoms with Gasteiger partial charge in [-0.05, 0) is 43.3 Å². The van der Waals surface area contributed by atoms with Gasteiger partial charge in [-0.15, -0.1) is 0 Å². The molecule has 0 saturated heterocycles. The monoisotopic (exact) mass is 375 g/mol. The highest BCUT2D eigenvalue weighted by Gasteiger charge is 2.08. The molecule has 0 bridgehead atoms. The largest absolute Gasteiger partial charge is 0.350 e. The second-order valence-electron chi connectivity index (χ2n) is 5.83. The van der Waals surface area contributed by atoms with Gasteiger partial charge in [-0.25, -0.2) is 8.42 Å². The van der Waals surface area contributed by atoms with Crippen molar-refractivity contribution in [1.82, 2.24) is 10.6 Å². The Morgan fingerprint density at radius 3 is 2.00 bits per heavy atom. The Balaban J connectivity index is 1.79. The third-order valence-corrected chi connectivity index (χ3v) is 4.03. The fourth-order valence-electron chi connectivity index (χ4n) is 2.25. The smallest absolute Gasteiger partial charge is 0.251 e. The van der Waals surface area contributed by atoms with Crippen LogP contribution < -0.4 is 15.4 Å². The summed E-state index contributed by atoms with van der Waals surface area (Å²) in [7, 11) is -3.35. The molecule has 2 rings (SSSR count). The van der Waals surface area contributed by atoms with Crippen molar-refractivity contribution in [2.24, 2.45) is 0 Å². The van der Waals surface area contributed by atoms with E-state index in [0.29, 0.717) is 23.4 Å². The summed E-state index contributed by atoms with van der Waals surface area (Å²) in [5.74, 6) is -0.500. The van der Waals surface area contributed by atoms with E-state index in [-0.39, 0.29) is 18.4 Å². The number of sulfonamides is 1. The first kappa shape index (κ1) is 19.5. The zero-order chi connectivity index (χ0) is 19.2. The van der Waals surface area contributed by atoms with Crippen LogP contribution in [0, 0.1) is 6.92 Å². The Bertz CT molecular complexity index is 893. The number of hydrogen-bond donors (Lipinski definition) is 3. The first-order chi connectivity index (χ1) is 12.2. The molecule has 0 spiro atoms. The van der Waals surface area contributed by atoms with Crippen molar-refractivity contribution >= 4 is 27.5 Å². The average molecular weight is 375 g/mol. The third-order valence-electron chi connectivity index (χ3n) is 3.43. The van der Waals surface area contributed by atoms with Crippen molar-refractivity contribution in [2.75, 3.05) is 24.1 Å². The summed E-state index contributed by atoms with van der Waals surface area (Å²) >= 11 is 0. The molecule has 7 nitrogen and oxygen atoms in total. The van der Waals surface area contributed by atoms with Gasteiger partial charge in [0.05, 0.1) is 6.26 Å². The number of hydrogen-bond acceptors (Lipinski definition) is 4. The van der Waals surface area contributed by atoms with Gasteiger partial charge in [0.15, 0.2) is 0 Å². The van der Waals surface area contributed by atoms with Crippen LogP contribution in [0.1, 0.15) is 26.3 Å². The minimum Gasteiger partial charge on any atom is -0.350 e. The van der Waals surface area contributed by atoms with Crippen molar-refractivity contribution in [3.05, 3.63) is 65.2 Å². The maximum atomic E-state index is 12.0. The van der Waals surface area contributed by atoms with Gasteiger partial charge in [0.2, 0.25) is 10.0 Å². The molecule has 0 saturated carbocycles. The molecule has 2 amide bonds. The van der Waals surface area contributed by atoms with Crippen LogP contribution in [0.2, 0.25) is 0 Å². The van der Waals surface area contributed by atoms with Crippen LogP contribution in [0.3, 0.4) is 0 Å². The molecule has 0 heterocycles. The number of amides is 2. The lowest BCUT2D eigenvalue weighted by molar-refractivity contribution is 0.0927. The summed E-state index contributed by atoms with van der Waals surface area (Å²) in [5, 5.41) is 5.43. The van der Waals surface area contributed by atoms with Crippen molar-refractivity contribution in [3.8, 4) is 0 Å². The lowest BCUT2D eigenvalue weighted by Gasteiger charge is -2.08. The standard InChI is InChI=1S/C18H21N3O4S/c1-13-4-3-5-15(12-13)18(23)20-11-10-19-17(22)14-6-8-16(9-7-14)21-26(2,24)25/h3-9,12,21H,10-11H2,1-2H3,(H,19,22)(H,20,23). The van der Waals surface area contributed by atoms with E-state index in [4.69, 9.17) is 0 Å². The minimum atomic E-state index is -3.35. The molecular weight excluding hydrogens is 354 g/mol. The first-order valence-corrected chi connectivity index (χ1v) is 9.85. The summed E-state index contributed by atoms with van der Waals surface area (Å²) in [6, 6.07) is 13.3. The van der Waals surface area contributed by atoms with Gasteiger partial charge in [-0.2, -0.15) is 0 Å². The van der Waals surface area contributed by atoms with Gasteiger partial charge in [-0.1, -0.05) is 17.7 Å². The Labute approximate surface area is 152 Å². The molecule has 0 radical (unpaired) electrons. The van der Waals surface area contributed by atoms with E-state index in [0.717, 1.165) is 11.8 Å². The van der Waals surface area contributed by atoms with Gasteiger partial charge in [0.25, 0.3) is 11.8 Å². The van der Waals surface area contributed by atoms with Gasteiger partial charge in [-0.3, -0.25) is 14.3 Å². The van der Waals surface area contributed by atoms with Gasteiger partial charge >= 0.3 is 0 Å². The van der Waals surface area contributed by atoms with E-state index in [1.807, 2.05) is 19.1 Å². The summed E-state index contributed by atoms with van der Waals surface area (Å²) in [4.78, 5) is 24.0. The molecule has 3 N–H and O–H groups in total. The van der Waals surface area contributed by atoms with Crippen LogP contribution in [0.25, 0.3) is 0 Å². The molecule has 0 unspecified atom stereocenters. The molecule has 0 aromatic heterocycles. The van der Waals surface area contributed by atoms with Crippen LogP contribution in [0.5, 0.6) is 0 Å². The molecule has 138 valence electrons. The molecule has 0 fully saturated rings. The molecular formula is C18H21N3O4S. The van der Waals surface area contributed by atoms with E-state index in [2.05, 4.69) is 15.4 Å². The van der Waals surface area contributed by atoms with Crippen molar-refractivity contribution < 1.29 is 18.0 Å². The quantitative estimate of drug-likeness (QED) is 0.638. The van der Waals surface area contributed by atoms with Crippen LogP contribution in [0.4, 0.5) is 5.69 Å². The molecule has 8 heteroatoms. The van der Waals surface area contributed by atoms with Crippen LogP contribution in [-0.4, -0.2) is 39.6 Å². The van der Waals surface area contributed by atoms with Crippen LogP contribution >= 0.6 is 0 Å². The maximum absolute atomic E-state index is 12.0. The number of benzene rings is 2. The number of carbonyl (C=O) groups is 2. The predicted octanol–water partition coefficient (Wildman–Crippen LogP) is 1.53. The Morgan fingerprint density at radius 2 is 1.46 bits per heavy atom. The first-order valence-electron chi connectivity index (χ1n) is 7.95. The second-order valence-corrected chi connectivity index (χ2v) is 7.58. The summed E-state index contributed by atoms with van der Waals surface area (Å²) in [6.45, 7) is 2.49. The highest BCUT2D eigenvalue weighted by molar-refractivity contribution is 7.92. The Kier molecular flexibility index (Phi) is 6.35. The van der Waals surface area contributed by atoms with E-state index >= 15 is 0 Å². The zero-order valence-electron chi connectivity index (χ0n) is 14.6.